The van der Waals surface area contributed by atoms with E-state index in [0.29, 0.717) is 16.5 Å². The van der Waals surface area contributed by atoms with Crippen LogP contribution in [0.25, 0.3) is 4.96 Å². The Morgan fingerprint density at radius 3 is 2.71 bits per heavy atom. The molecule has 0 saturated carbocycles. The van der Waals surface area contributed by atoms with E-state index in [-0.39, 0.29) is 5.03 Å². The molecule has 0 aliphatic rings. The van der Waals surface area contributed by atoms with Crippen molar-refractivity contribution < 1.29 is 8.42 Å². The first kappa shape index (κ1) is 13.8. The smallest absolute Gasteiger partial charge is 0.283 e. The quantitative estimate of drug-likeness (QED) is 0.790. The summed E-state index contributed by atoms with van der Waals surface area (Å²) in [4.78, 5) is 8.81. The van der Waals surface area contributed by atoms with Gasteiger partial charge in [-0.3, -0.25) is 13.7 Å². The molecule has 1 N–H and O–H groups in total. The number of pyridine rings is 1. The Morgan fingerprint density at radius 2 is 2.05 bits per heavy atom. The van der Waals surface area contributed by atoms with Crippen molar-refractivity contribution in [2.24, 2.45) is 0 Å². The average molecular weight is 323 g/mol. The maximum absolute atomic E-state index is 12.9. The van der Waals surface area contributed by atoms with Gasteiger partial charge in [-0.2, -0.15) is 8.42 Å². The number of rotatable bonds is 4. The third kappa shape index (κ3) is 2.14. The van der Waals surface area contributed by atoms with Crippen LogP contribution in [0.2, 0.25) is 0 Å². The molecule has 3 rings (SSSR count). The summed E-state index contributed by atoms with van der Waals surface area (Å²) in [6.45, 7) is 0. The molecule has 9 heteroatoms. The van der Waals surface area contributed by atoms with E-state index in [2.05, 4.69) is 15.3 Å². The molecule has 110 valence electrons. The summed E-state index contributed by atoms with van der Waals surface area (Å²) in [5.41, 5.74) is 0.539. The summed E-state index contributed by atoms with van der Waals surface area (Å²) in [7, 11) is -0.577. The second-order valence-corrected chi connectivity index (χ2v) is 7.01. The van der Waals surface area contributed by atoms with Crippen LogP contribution in [0, 0.1) is 0 Å². The van der Waals surface area contributed by atoms with Gasteiger partial charge >= 0.3 is 0 Å². The van der Waals surface area contributed by atoms with Crippen LogP contribution >= 0.6 is 11.3 Å². The van der Waals surface area contributed by atoms with E-state index in [1.165, 1.54) is 22.7 Å². The molecule has 0 bridgehead atoms. The van der Waals surface area contributed by atoms with E-state index in [1.807, 2.05) is 0 Å². The number of aromatic nitrogens is 3. The molecule has 3 aromatic heterocycles. The molecule has 0 unspecified atom stereocenters. The van der Waals surface area contributed by atoms with Crippen molar-refractivity contribution in [3.8, 4) is 0 Å². The number of fused-ring (bicyclic) bond motifs is 1. The van der Waals surface area contributed by atoms with Crippen LogP contribution in [-0.4, -0.2) is 36.9 Å². The highest BCUT2D eigenvalue weighted by molar-refractivity contribution is 7.92. The molecule has 0 aromatic carbocycles. The molecule has 0 saturated heterocycles. The second kappa shape index (κ2) is 5.01. The number of thiazole rings is 1. The minimum absolute atomic E-state index is 0.126. The van der Waals surface area contributed by atoms with Crippen molar-refractivity contribution in [3.63, 3.8) is 0 Å². The Bertz CT molecular complexity index is 870. The molecule has 3 aromatic rings. The summed E-state index contributed by atoms with van der Waals surface area (Å²) in [5, 5.41) is 4.76. The van der Waals surface area contributed by atoms with E-state index >= 15 is 0 Å². The fraction of sp³-hybridized carbons (Fsp3) is 0.167. The Hall–Kier alpha value is -2.13. The highest BCUT2D eigenvalue weighted by Crippen LogP contribution is 2.29. The predicted octanol–water partition coefficient (Wildman–Crippen LogP) is 1.66. The van der Waals surface area contributed by atoms with Gasteiger partial charge in [0, 0.05) is 38.1 Å². The lowest BCUT2D eigenvalue weighted by Crippen LogP contribution is -2.28. The molecule has 0 atom stereocenters. The van der Waals surface area contributed by atoms with Crippen LogP contribution in [0.1, 0.15) is 0 Å². The second-order valence-electron chi connectivity index (χ2n) is 4.25. The first-order valence-corrected chi connectivity index (χ1v) is 8.40. The predicted molar refractivity (Wildman–Crippen MR) is 82.4 cm³/mol. The maximum atomic E-state index is 12.9. The lowest BCUT2D eigenvalue weighted by Gasteiger charge is -2.19. The molecule has 3 heterocycles. The van der Waals surface area contributed by atoms with Gasteiger partial charge in [0.25, 0.3) is 10.0 Å². The summed E-state index contributed by atoms with van der Waals surface area (Å²) >= 11 is 1.38. The van der Waals surface area contributed by atoms with E-state index in [4.69, 9.17) is 0 Å². The lowest BCUT2D eigenvalue weighted by atomic mass is 10.4. The van der Waals surface area contributed by atoms with Crippen molar-refractivity contribution in [3.05, 3.63) is 36.1 Å². The summed E-state index contributed by atoms with van der Waals surface area (Å²) in [5.74, 6) is 0.336. The normalized spacial score (nSPS) is 11.7. The van der Waals surface area contributed by atoms with Gasteiger partial charge in [0.2, 0.25) is 5.03 Å². The first-order valence-electron chi connectivity index (χ1n) is 6.08. The summed E-state index contributed by atoms with van der Waals surface area (Å²) in [6, 6.07) is 3.28. The van der Waals surface area contributed by atoms with E-state index < -0.39 is 10.0 Å². The average Bonchev–Trinajstić information content (AvgIpc) is 3.06. The van der Waals surface area contributed by atoms with Crippen LogP contribution in [-0.2, 0) is 10.0 Å². The maximum Gasteiger partial charge on any atom is 0.283 e. The van der Waals surface area contributed by atoms with Crippen molar-refractivity contribution in [1.29, 1.82) is 0 Å². The standard InChI is InChI=1S/C12H13N5O2S2/c1-13-10-11(17-7-8-20-12(17)15-10)21(18,19)16(2)9-3-5-14-6-4-9/h3-8,13H,1-2H3. The SMILES string of the molecule is CNc1nc2sccn2c1S(=O)(=O)N(C)c1ccncc1. The highest BCUT2D eigenvalue weighted by atomic mass is 32.2. The zero-order valence-corrected chi connectivity index (χ0v) is 13.0. The fourth-order valence-corrected chi connectivity index (χ4v) is 4.22. The summed E-state index contributed by atoms with van der Waals surface area (Å²) in [6.07, 6.45) is 4.80. The van der Waals surface area contributed by atoms with E-state index in [1.54, 1.807) is 47.6 Å². The Balaban J connectivity index is 2.18. The minimum Gasteiger partial charge on any atom is -0.371 e. The van der Waals surface area contributed by atoms with Crippen LogP contribution in [0.4, 0.5) is 11.5 Å². The van der Waals surface area contributed by atoms with Gasteiger partial charge in [-0.1, -0.05) is 0 Å². The number of hydrogen-bond acceptors (Lipinski definition) is 6. The molecular formula is C12H13N5O2S2. The Kier molecular flexibility index (Phi) is 3.30. The van der Waals surface area contributed by atoms with Gasteiger partial charge in [0.15, 0.2) is 10.8 Å². The third-order valence-electron chi connectivity index (χ3n) is 3.09. The van der Waals surface area contributed by atoms with Gasteiger partial charge in [-0.15, -0.1) is 11.3 Å². The number of nitrogens with zero attached hydrogens (tertiary/aromatic N) is 4. The molecule has 0 radical (unpaired) electrons. The molecule has 7 nitrogen and oxygen atoms in total. The van der Waals surface area contributed by atoms with E-state index in [9.17, 15) is 8.42 Å². The molecular weight excluding hydrogens is 310 g/mol. The summed E-state index contributed by atoms with van der Waals surface area (Å²) < 4.78 is 28.6. The van der Waals surface area contributed by atoms with Gasteiger partial charge in [-0.05, 0) is 12.1 Å². The van der Waals surface area contributed by atoms with Crippen LogP contribution in [0.5, 0.6) is 0 Å². The molecule has 0 aliphatic carbocycles. The largest absolute Gasteiger partial charge is 0.371 e. The van der Waals surface area contributed by atoms with Gasteiger partial charge < -0.3 is 5.32 Å². The van der Waals surface area contributed by atoms with Crippen molar-refractivity contribution in [1.82, 2.24) is 14.4 Å². The van der Waals surface area contributed by atoms with Crippen molar-refractivity contribution >= 4 is 37.8 Å². The third-order valence-corrected chi connectivity index (χ3v) is 5.65. The van der Waals surface area contributed by atoms with Crippen LogP contribution in [0.3, 0.4) is 0 Å². The monoisotopic (exact) mass is 323 g/mol. The van der Waals surface area contributed by atoms with Crippen LogP contribution < -0.4 is 9.62 Å². The zero-order valence-electron chi connectivity index (χ0n) is 11.4. The zero-order chi connectivity index (χ0) is 15.0. The molecule has 21 heavy (non-hydrogen) atoms. The number of hydrogen-bond donors (Lipinski definition) is 1. The molecule has 0 amide bonds. The number of nitrogens with one attached hydrogen (secondary N) is 1. The molecule has 0 spiro atoms. The topological polar surface area (TPSA) is 79.6 Å². The molecule has 0 fully saturated rings. The van der Waals surface area contributed by atoms with Crippen LogP contribution in [0.15, 0.2) is 41.1 Å². The number of anilines is 2. The van der Waals surface area contributed by atoms with E-state index in [0.717, 1.165) is 0 Å². The Morgan fingerprint density at radius 1 is 1.33 bits per heavy atom. The van der Waals surface area contributed by atoms with Crippen molar-refractivity contribution in [2.45, 2.75) is 5.03 Å². The fourth-order valence-electron chi connectivity index (χ4n) is 2.00. The van der Waals surface area contributed by atoms with Crippen molar-refractivity contribution in [2.75, 3.05) is 23.7 Å². The number of sulfonamides is 1. The van der Waals surface area contributed by atoms with Gasteiger partial charge in [0.05, 0.1) is 5.69 Å². The van der Waals surface area contributed by atoms with Gasteiger partial charge in [0.1, 0.15) is 0 Å². The highest BCUT2D eigenvalue weighted by Gasteiger charge is 2.29. The Labute approximate surface area is 125 Å². The molecule has 0 aliphatic heterocycles. The number of imidazole rings is 1. The minimum atomic E-state index is -3.74. The first-order chi connectivity index (χ1) is 10.1. The van der Waals surface area contributed by atoms with Gasteiger partial charge in [-0.25, -0.2) is 4.98 Å². The lowest BCUT2D eigenvalue weighted by molar-refractivity contribution is 0.590.